The summed E-state index contributed by atoms with van der Waals surface area (Å²) >= 11 is 0. The van der Waals surface area contributed by atoms with Crippen molar-refractivity contribution >= 4 is 5.78 Å². The van der Waals surface area contributed by atoms with Gasteiger partial charge in [0.05, 0.1) is 0 Å². The summed E-state index contributed by atoms with van der Waals surface area (Å²) in [5, 5.41) is 17.3. The van der Waals surface area contributed by atoms with Gasteiger partial charge in [-0.2, -0.15) is 0 Å². The monoisotopic (exact) mass is 180 g/mol. The third-order valence-electron chi connectivity index (χ3n) is 1.88. The summed E-state index contributed by atoms with van der Waals surface area (Å²) in [7, 11) is 0. The van der Waals surface area contributed by atoms with Crippen LogP contribution in [0, 0.1) is 13.8 Å². The zero-order valence-electron chi connectivity index (χ0n) is 7.61. The lowest BCUT2D eigenvalue weighted by Crippen LogP contribution is -2.20. The molecule has 0 aliphatic rings. The first-order valence-corrected chi connectivity index (χ1v) is 4.00. The van der Waals surface area contributed by atoms with Crippen molar-refractivity contribution in [2.24, 2.45) is 0 Å². The molecule has 0 aliphatic carbocycles. The third-order valence-corrected chi connectivity index (χ3v) is 1.88. The minimum absolute atomic E-state index is 0.362. The molecule has 0 atom stereocenters. The molecule has 13 heavy (non-hydrogen) atoms. The van der Waals surface area contributed by atoms with Crippen molar-refractivity contribution in [2.75, 3.05) is 0 Å². The molecule has 3 nitrogen and oxygen atoms in total. The van der Waals surface area contributed by atoms with Gasteiger partial charge in [0.25, 0.3) is 0 Å². The predicted octanol–water partition coefficient (Wildman–Crippen LogP) is 0.797. The van der Waals surface area contributed by atoms with Crippen LogP contribution < -0.4 is 0 Å². The maximum Gasteiger partial charge on any atom is 0.218 e. The summed E-state index contributed by atoms with van der Waals surface area (Å²) < 4.78 is 0. The van der Waals surface area contributed by atoms with E-state index in [1.807, 2.05) is 13.0 Å². The average molecular weight is 180 g/mol. The third kappa shape index (κ3) is 2.14. The SMILES string of the molecule is Cc1ccc(C(=O)C(O)O)c(C)c1. The van der Waals surface area contributed by atoms with Gasteiger partial charge in [-0.3, -0.25) is 4.79 Å². The Hall–Kier alpha value is -1.19. The minimum Gasteiger partial charge on any atom is -0.362 e. The second-order valence-corrected chi connectivity index (χ2v) is 3.06. The van der Waals surface area contributed by atoms with Crippen molar-refractivity contribution in [3.63, 3.8) is 0 Å². The topological polar surface area (TPSA) is 57.5 Å². The van der Waals surface area contributed by atoms with Crippen LogP contribution in [0.2, 0.25) is 0 Å². The molecule has 0 unspecified atom stereocenters. The first kappa shape index (κ1) is 9.89. The van der Waals surface area contributed by atoms with Crippen LogP contribution in [0.3, 0.4) is 0 Å². The van der Waals surface area contributed by atoms with Crippen molar-refractivity contribution in [3.05, 3.63) is 34.9 Å². The van der Waals surface area contributed by atoms with E-state index in [9.17, 15) is 4.79 Å². The van der Waals surface area contributed by atoms with Gasteiger partial charge >= 0.3 is 0 Å². The Balaban J connectivity index is 3.09. The molecule has 0 saturated heterocycles. The Labute approximate surface area is 76.6 Å². The maximum absolute atomic E-state index is 11.2. The van der Waals surface area contributed by atoms with Crippen LogP contribution in [-0.4, -0.2) is 22.3 Å². The highest BCUT2D eigenvalue weighted by Gasteiger charge is 2.15. The van der Waals surface area contributed by atoms with E-state index in [1.54, 1.807) is 19.1 Å². The fourth-order valence-electron chi connectivity index (χ4n) is 1.23. The van der Waals surface area contributed by atoms with Crippen molar-refractivity contribution < 1.29 is 15.0 Å². The quantitative estimate of drug-likeness (QED) is 0.522. The van der Waals surface area contributed by atoms with Gasteiger partial charge in [0.1, 0.15) is 0 Å². The van der Waals surface area contributed by atoms with Crippen molar-refractivity contribution in [1.82, 2.24) is 0 Å². The number of benzene rings is 1. The van der Waals surface area contributed by atoms with Crippen LogP contribution >= 0.6 is 0 Å². The summed E-state index contributed by atoms with van der Waals surface area (Å²) in [6, 6.07) is 5.20. The molecule has 1 rings (SSSR count). The smallest absolute Gasteiger partial charge is 0.218 e. The maximum atomic E-state index is 11.2. The number of Topliss-reactive ketones (excluding diaryl/α,β-unsaturated/α-hetero) is 1. The Morgan fingerprint density at radius 1 is 1.31 bits per heavy atom. The fraction of sp³-hybridized carbons (Fsp3) is 0.300. The molecule has 1 aromatic carbocycles. The molecule has 0 bridgehead atoms. The summed E-state index contributed by atoms with van der Waals surface area (Å²) in [6.07, 6.45) is -1.92. The number of ketones is 1. The van der Waals surface area contributed by atoms with Gasteiger partial charge in [0.2, 0.25) is 12.1 Å². The Bertz CT molecular complexity index is 329. The van der Waals surface area contributed by atoms with E-state index in [1.165, 1.54) is 0 Å². The van der Waals surface area contributed by atoms with Crippen LogP contribution in [0.15, 0.2) is 18.2 Å². The molecule has 1 aromatic rings. The van der Waals surface area contributed by atoms with E-state index in [4.69, 9.17) is 10.2 Å². The van der Waals surface area contributed by atoms with Crippen molar-refractivity contribution in [2.45, 2.75) is 20.1 Å². The van der Waals surface area contributed by atoms with E-state index < -0.39 is 12.1 Å². The number of rotatable bonds is 2. The number of carbonyl (C=O) groups is 1. The lowest BCUT2D eigenvalue weighted by atomic mass is 10.0. The summed E-state index contributed by atoms with van der Waals surface area (Å²) in [4.78, 5) is 11.2. The number of hydrogen-bond donors (Lipinski definition) is 2. The lowest BCUT2D eigenvalue weighted by Gasteiger charge is -2.06. The number of aliphatic hydroxyl groups excluding tert-OH is 1. The van der Waals surface area contributed by atoms with Crippen LogP contribution in [0.1, 0.15) is 21.5 Å². The van der Waals surface area contributed by atoms with E-state index in [-0.39, 0.29) is 0 Å². The summed E-state index contributed by atoms with van der Waals surface area (Å²) in [5.41, 5.74) is 2.17. The van der Waals surface area contributed by atoms with Gasteiger partial charge in [-0.1, -0.05) is 23.8 Å². The molecule has 70 valence electrons. The first-order chi connectivity index (χ1) is 6.02. The van der Waals surface area contributed by atoms with Gasteiger partial charge in [0, 0.05) is 5.56 Å². The molecule has 0 saturated carbocycles. The van der Waals surface area contributed by atoms with Gasteiger partial charge in [-0.15, -0.1) is 0 Å². The molecular formula is C10H12O3. The fourth-order valence-corrected chi connectivity index (χ4v) is 1.23. The van der Waals surface area contributed by atoms with Gasteiger partial charge in [0.15, 0.2) is 0 Å². The lowest BCUT2D eigenvalue weighted by molar-refractivity contribution is -0.0195. The highest BCUT2D eigenvalue weighted by molar-refractivity contribution is 5.99. The summed E-state index contributed by atoms with van der Waals surface area (Å²) in [6.45, 7) is 3.68. The minimum atomic E-state index is -1.92. The predicted molar refractivity (Wildman–Crippen MR) is 48.5 cm³/mol. The molecule has 0 aromatic heterocycles. The highest BCUT2D eigenvalue weighted by Crippen LogP contribution is 2.12. The Kier molecular flexibility index (Phi) is 2.80. The average Bonchev–Trinajstić information content (AvgIpc) is 2.03. The zero-order valence-corrected chi connectivity index (χ0v) is 7.61. The molecule has 0 aliphatic heterocycles. The van der Waals surface area contributed by atoms with Gasteiger partial charge in [-0.25, -0.2) is 0 Å². The molecule has 0 heterocycles. The molecule has 0 amide bonds. The first-order valence-electron chi connectivity index (χ1n) is 4.00. The second kappa shape index (κ2) is 3.68. The second-order valence-electron chi connectivity index (χ2n) is 3.06. The largest absolute Gasteiger partial charge is 0.362 e. The molecule has 0 fully saturated rings. The standard InChI is InChI=1S/C10H12O3/c1-6-3-4-8(7(2)5-6)9(11)10(12)13/h3-5,10,12-13H,1-2H3. The zero-order chi connectivity index (χ0) is 10.0. The molecule has 0 radical (unpaired) electrons. The van der Waals surface area contributed by atoms with Gasteiger partial charge < -0.3 is 10.2 Å². The summed E-state index contributed by atoms with van der Waals surface area (Å²) in [5.74, 6) is -0.655. The molecular weight excluding hydrogens is 168 g/mol. The molecule has 0 spiro atoms. The highest BCUT2D eigenvalue weighted by atomic mass is 16.5. The van der Waals surface area contributed by atoms with Crippen molar-refractivity contribution in [3.8, 4) is 0 Å². The van der Waals surface area contributed by atoms with E-state index in [0.717, 1.165) is 11.1 Å². The van der Waals surface area contributed by atoms with Crippen molar-refractivity contribution in [1.29, 1.82) is 0 Å². The number of aliphatic hydroxyl groups is 2. The number of carbonyl (C=O) groups excluding carboxylic acids is 1. The molecule has 3 heteroatoms. The van der Waals surface area contributed by atoms with E-state index >= 15 is 0 Å². The van der Waals surface area contributed by atoms with Gasteiger partial charge in [-0.05, 0) is 19.4 Å². The normalized spacial score (nSPS) is 10.5. The van der Waals surface area contributed by atoms with Crippen LogP contribution in [0.4, 0.5) is 0 Å². The molecule has 2 N–H and O–H groups in total. The Morgan fingerprint density at radius 2 is 1.92 bits per heavy atom. The van der Waals surface area contributed by atoms with E-state index in [0.29, 0.717) is 5.56 Å². The van der Waals surface area contributed by atoms with Crippen LogP contribution in [-0.2, 0) is 0 Å². The van der Waals surface area contributed by atoms with Crippen LogP contribution in [0.5, 0.6) is 0 Å². The number of aryl methyl sites for hydroxylation is 2. The van der Waals surface area contributed by atoms with Crippen LogP contribution in [0.25, 0.3) is 0 Å². The number of hydrogen-bond acceptors (Lipinski definition) is 3. The Morgan fingerprint density at radius 3 is 2.38 bits per heavy atom. The van der Waals surface area contributed by atoms with E-state index in [2.05, 4.69) is 0 Å².